The summed E-state index contributed by atoms with van der Waals surface area (Å²) < 4.78 is 6.60. The van der Waals surface area contributed by atoms with Crippen LogP contribution in [0.25, 0.3) is 0 Å². The normalized spacial score (nSPS) is 58.7. The highest BCUT2D eigenvalue weighted by atomic mass is 16.5. The van der Waals surface area contributed by atoms with Crippen LogP contribution in [0.4, 0.5) is 0 Å². The fourth-order valence-corrected chi connectivity index (χ4v) is 7.50. The van der Waals surface area contributed by atoms with Crippen molar-refractivity contribution in [3.63, 3.8) is 0 Å². The molecule has 4 aliphatic carbocycles. The summed E-state index contributed by atoms with van der Waals surface area (Å²) in [6, 6.07) is 0. The Morgan fingerprint density at radius 3 is 1.52 bits per heavy atom. The van der Waals surface area contributed by atoms with Crippen molar-refractivity contribution in [2.75, 3.05) is 0 Å². The maximum Gasteiger partial charge on any atom is 0.0613 e. The second-order valence-corrected chi connectivity index (χ2v) is 9.30. The third kappa shape index (κ3) is 2.41. The van der Waals surface area contributed by atoms with E-state index in [-0.39, 0.29) is 12.2 Å². The van der Waals surface area contributed by atoms with Crippen molar-refractivity contribution < 1.29 is 14.9 Å². The molecule has 1 saturated heterocycles. The van der Waals surface area contributed by atoms with E-state index in [9.17, 15) is 10.2 Å². The molecule has 0 spiro atoms. The molecular formula is C20H32O3. The molecule has 0 bridgehead atoms. The Morgan fingerprint density at radius 2 is 1.04 bits per heavy atom. The summed E-state index contributed by atoms with van der Waals surface area (Å²) in [7, 11) is 0. The highest BCUT2D eigenvalue weighted by molar-refractivity contribution is 5.05. The van der Waals surface area contributed by atoms with Gasteiger partial charge in [0.25, 0.3) is 0 Å². The molecule has 3 nitrogen and oxygen atoms in total. The van der Waals surface area contributed by atoms with Gasteiger partial charge in [0.1, 0.15) is 0 Å². The molecule has 2 N–H and O–H groups in total. The summed E-state index contributed by atoms with van der Waals surface area (Å²) in [5.74, 6) is 4.62. The molecule has 10 atom stereocenters. The zero-order valence-corrected chi connectivity index (χ0v) is 14.1. The first-order valence-corrected chi connectivity index (χ1v) is 10.2. The minimum absolute atomic E-state index is 0.0464. The van der Waals surface area contributed by atoms with Gasteiger partial charge in [-0.2, -0.15) is 0 Å². The third-order valence-electron chi connectivity index (χ3n) is 8.31. The zero-order chi connectivity index (χ0) is 15.6. The number of hydrogen-bond donors (Lipinski definition) is 2. The molecule has 5 aliphatic rings. The van der Waals surface area contributed by atoms with Gasteiger partial charge in [-0.3, -0.25) is 0 Å². The van der Waals surface area contributed by atoms with Gasteiger partial charge in [0.2, 0.25) is 0 Å². The van der Waals surface area contributed by atoms with Crippen molar-refractivity contribution in [1.29, 1.82) is 0 Å². The number of aliphatic hydroxyl groups is 2. The molecule has 0 radical (unpaired) electrons. The lowest BCUT2D eigenvalue weighted by atomic mass is 9.54. The van der Waals surface area contributed by atoms with Gasteiger partial charge in [-0.15, -0.1) is 0 Å². The average molecular weight is 320 g/mol. The smallest absolute Gasteiger partial charge is 0.0613 e. The molecule has 5 rings (SSSR count). The molecule has 1 aliphatic heterocycles. The van der Waals surface area contributed by atoms with Crippen LogP contribution in [0.2, 0.25) is 0 Å². The molecule has 0 aromatic heterocycles. The van der Waals surface area contributed by atoms with Crippen LogP contribution in [0.15, 0.2) is 0 Å². The molecule has 5 fully saturated rings. The molecule has 130 valence electrons. The van der Waals surface area contributed by atoms with Gasteiger partial charge in [0.15, 0.2) is 0 Å². The molecule has 10 unspecified atom stereocenters. The summed E-state index contributed by atoms with van der Waals surface area (Å²) in [5, 5.41) is 20.2. The van der Waals surface area contributed by atoms with Gasteiger partial charge in [-0.05, 0) is 99.7 Å². The first-order valence-electron chi connectivity index (χ1n) is 10.2. The summed E-state index contributed by atoms with van der Waals surface area (Å²) in [5.41, 5.74) is 0. The Kier molecular flexibility index (Phi) is 3.76. The van der Waals surface area contributed by atoms with Gasteiger partial charge in [-0.1, -0.05) is 0 Å². The van der Waals surface area contributed by atoms with Crippen LogP contribution >= 0.6 is 0 Å². The van der Waals surface area contributed by atoms with Gasteiger partial charge in [0.05, 0.1) is 24.4 Å². The standard InChI is InChI=1S/C20H32O3/c21-13-3-5-15-11(9-13)1-7-17-19(15)20-16-6-4-14(22)10-12(16)2-8-18(20)23-17/h11-22H,1-10H2. The third-order valence-corrected chi connectivity index (χ3v) is 8.31. The van der Waals surface area contributed by atoms with Crippen molar-refractivity contribution in [3.05, 3.63) is 0 Å². The van der Waals surface area contributed by atoms with Crippen LogP contribution in [-0.4, -0.2) is 34.6 Å². The Bertz CT molecular complexity index is 412. The predicted octanol–water partition coefficient (Wildman–Crippen LogP) is 3.13. The van der Waals surface area contributed by atoms with Crippen molar-refractivity contribution in [2.24, 2.45) is 35.5 Å². The number of fused-ring (bicyclic) bond motifs is 7. The lowest BCUT2D eigenvalue weighted by molar-refractivity contribution is -0.0407. The van der Waals surface area contributed by atoms with Crippen LogP contribution in [0.5, 0.6) is 0 Å². The van der Waals surface area contributed by atoms with E-state index in [1.165, 1.54) is 38.5 Å². The largest absolute Gasteiger partial charge is 0.393 e. The van der Waals surface area contributed by atoms with E-state index in [0.29, 0.717) is 12.2 Å². The van der Waals surface area contributed by atoms with E-state index in [1.807, 2.05) is 0 Å². The van der Waals surface area contributed by atoms with Crippen LogP contribution in [0.3, 0.4) is 0 Å². The second-order valence-electron chi connectivity index (χ2n) is 9.30. The first kappa shape index (κ1) is 15.2. The molecule has 0 aromatic rings. The Labute approximate surface area is 139 Å². The van der Waals surface area contributed by atoms with Crippen LogP contribution in [0, 0.1) is 35.5 Å². The molecule has 0 aromatic carbocycles. The number of aliphatic hydroxyl groups excluding tert-OH is 2. The maximum absolute atomic E-state index is 10.1. The lowest BCUT2D eigenvalue weighted by Crippen LogP contribution is -2.47. The average Bonchev–Trinajstić information content (AvgIpc) is 2.93. The van der Waals surface area contributed by atoms with E-state index in [0.717, 1.165) is 61.2 Å². The summed E-state index contributed by atoms with van der Waals surface area (Å²) >= 11 is 0. The van der Waals surface area contributed by atoms with Crippen LogP contribution in [0.1, 0.15) is 64.2 Å². The topological polar surface area (TPSA) is 49.7 Å². The second kappa shape index (κ2) is 5.71. The number of rotatable bonds is 0. The molecule has 3 heteroatoms. The van der Waals surface area contributed by atoms with Gasteiger partial charge in [-0.25, -0.2) is 0 Å². The molecule has 23 heavy (non-hydrogen) atoms. The monoisotopic (exact) mass is 320 g/mol. The van der Waals surface area contributed by atoms with E-state index in [4.69, 9.17) is 4.74 Å². The minimum Gasteiger partial charge on any atom is -0.393 e. The fourth-order valence-electron chi connectivity index (χ4n) is 7.50. The zero-order valence-electron chi connectivity index (χ0n) is 14.1. The Hall–Kier alpha value is -0.120. The van der Waals surface area contributed by atoms with Crippen LogP contribution in [-0.2, 0) is 4.74 Å². The quantitative estimate of drug-likeness (QED) is 0.721. The van der Waals surface area contributed by atoms with E-state index in [1.54, 1.807) is 0 Å². The van der Waals surface area contributed by atoms with Gasteiger partial charge in [0, 0.05) is 0 Å². The summed E-state index contributed by atoms with van der Waals surface area (Å²) in [6.07, 6.45) is 12.5. The first-order chi connectivity index (χ1) is 11.2. The molecular weight excluding hydrogens is 288 g/mol. The lowest BCUT2D eigenvalue weighted by Gasteiger charge is -2.50. The SMILES string of the molecule is OC1CCC2C(CCC3OC4CCC5CC(O)CCC5C4C32)C1. The van der Waals surface area contributed by atoms with Crippen molar-refractivity contribution in [3.8, 4) is 0 Å². The highest BCUT2D eigenvalue weighted by Crippen LogP contribution is 2.59. The highest BCUT2D eigenvalue weighted by Gasteiger charge is 2.57. The summed E-state index contributed by atoms with van der Waals surface area (Å²) in [6.45, 7) is 0. The van der Waals surface area contributed by atoms with Crippen molar-refractivity contribution >= 4 is 0 Å². The fraction of sp³-hybridized carbons (Fsp3) is 1.00. The van der Waals surface area contributed by atoms with Crippen molar-refractivity contribution in [2.45, 2.75) is 88.6 Å². The predicted molar refractivity (Wildman–Crippen MR) is 87.8 cm³/mol. The van der Waals surface area contributed by atoms with E-state index < -0.39 is 0 Å². The van der Waals surface area contributed by atoms with Gasteiger partial charge < -0.3 is 14.9 Å². The molecule has 1 heterocycles. The van der Waals surface area contributed by atoms with E-state index in [2.05, 4.69) is 0 Å². The Balaban J connectivity index is 1.42. The number of ether oxygens (including phenoxy) is 1. The summed E-state index contributed by atoms with van der Waals surface area (Å²) in [4.78, 5) is 0. The van der Waals surface area contributed by atoms with Crippen LogP contribution < -0.4 is 0 Å². The minimum atomic E-state index is -0.0464. The number of hydrogen-bond acceptors (Lipinski definition) is 3. The van der Waals surface area contributed by atoms with Gasteiger partial charge >= 0.3 is 0 Å². The maximum atomic E-state index is 10.1. The Morgan fingerprint density at radius 1 is 0.565 bits per heavy atom. The van der Waals surface area contributed by atoms with Crippen molar-refractivity contribution in [1.82, 2.24) is 0 Å². The molecule has 4 saturated carbocycles. The molecule has 0 amide bonds. The van der Waals surface area contributed by atoms with E-state index >= 15 is 0 Å².